The lowest BCUT2D eigenvalue weighted by atomic mass is 10.1. The predicted molar refractivity (Wildman–Crippen MR) is 88.2 cm³/mol. The van der Waals surface area contributed by atoms with Crippen LogP contribution in [0.1, 0.15) is 15.9 Å². The summed E-state index contributed by atoms with van der Waals surface area (Å²) in [5, 5.41) is 4.44. The molecule has 0 unspecified atom stereocenters. The first-order valence-corrected chi connectivity index (χ1v) is 7.23. The molecule has 5 heteroatoms. The van der Waals surface area contributed by atoms with Gasteiger partial charge in [0.25, 0.3) is 5.91 Å². The number of nitrogens with zero attached hydrogens (tertiary/aromatic N) is 1. The molecule has 0 aromatic heterocycles. The third kappa shape index (κ3) is 3.69. The van der Waals surface area contributed by atoms with Crippen LogP contribution in [-0.4, -0.2) is 24.9 Å². The topological polar surface area (TPSA) is 32.3 Å². The molecule has 21 heavy (non-hydrogen) atoms. The van der Waals surface area contributed by atoms with Gasteiger partial charge in [-0.25, -0.2) is 0 Å². The zero-order valence-electron chi connectivity index (χ0n) is 11.9. The van der Waals surface area contributed by atoms with Crippen LogP contribution in [-0.2, 0) is 6.54 Å². The first kappa shape index (κ1) is 15.7. The number of carbonyl (C=O) groups excluding carboxylic acids is 1. The molecular formula is C16H16Cl2N2O. The molecule has 0 aliphatic rings. The maximum Gasteiger partial charge on any atom is 0.255 e. The molecule has 0 aliphatic heterocycles. The van der Waals surface area contributed by atoms with Gasteiger partial charge in [-0.05, 0) is 24.3 Å². The van der Waals surface area contributed by atoms with Gasteiger partial charge in [0.2, 0.25) is 0 Å². The maximum atomic E-state index is 12.1. The summed E-state index contributed by atoms with van der Waals surface area (Å²) in [5.41, 5.74) is 2.19. The highest BCUT2D eigenvalue weighted by atomic mass is 35.5. The smallest absolute Gasteiger partial charge is 0.255 e. The molecule has 0 radical (unpaired) electrons. The molecule has 0 saturated carbocycles. The second-order valence-corrected chi connectivity index (χ2v) is 5.61. The van der Waals surface area contributed by atoms with E-state index in [0.717, 1.165) is 11.3 Å². The van der Waals surface area contributed by atoms with E-state index in [2.05, 4.69) is 5.32 Å². The van der Waals surface area contributed by atoms with E-state index in [1.807, 2.05) is 18.2 Å². The number of benzene rings is 2. The Morgan fingerprint density at radius 2 is 1.67 bits per heavy atom. The van der Waals surface area contributed by atoms with Crippen LogP contribution in [0, 0.1) is 0 Å². The number of hydrogen-bond acceptors (Lipinski definition) is 2. The lowest BCUT2D eigenvalue weighted by Crippen LogP contribution is -2.22. The quantitative estimate of drug-likeness (QED) is 0.909. The molecule has 0 fully saturated rings. The molecule has 110 valence electrons. The van der Waals surface area contributed by atoms with Crippen molar-refractivity contribution in [3.8, 4) is 0 Å². The summed E-state index contributed by atoms with van der Waals surface area (Å²) in [4.78, 5) is 13.7. The van der Waals surface area contributed by atoms with Gasteiger partial charge in [0, 0.05) is 41.9 Å². The molecule has 0 bridgehead atoms. The normalized spacial score (nSPS) is 10.3. The summed E-state index contributed by atoms with van der Waals surface area (Å²) in [5.74, 6) is -0.0524. The lowest BCUT2D eigenvalue weighted by Gasteiger charge is -2.16. The fraction of sp³-hybridized carbons (Fsp3) is 0.188. The number of amides is 1. The minimum absolute atomic E-state index is 0.0524. The number of carbonyl (C=O) groups is 1. The number of anilines is 1. The van der Waals surface area contributed by atoms with Gasteiger partial charge >= 0.3 is 0 Å². The molecule has 1 N–H and O–H groups in total. The molecular weight excluding hydrogens is 307 g/mol. The molecule has 0 spiro atoms. The number of para-hydroxylation sites is 1. The summed E-state index contributed by atoms with van der Waals surface area (Å²) < 4.78 is 0. The largest absolute Gasteiger partial charge is 0.380 e. The molecule has 2 aromatic carbocycles. The molecule has 0 saturated heterocycles. The average Bonchev–Trinajstić information content (AvgIpc) is 2.46. The second-order valence-electron chi connectivity index (χ2n) is 4.80. The Balaban J connectivity index is 2.23. The zero-order chi connectivity index (χ0) is 15.4. The molecule has 3 nitrogen and oxygen atoms in total. The fourth-order valence-electron chi connectivity index (χ4n) is 1.95. The van der Waals surface area contributed by atoms with Gasteiger partial charge in [-0.3, -0.25) is 4.79 Å². The van der Waals surface area contributed by atoms with Gasteiger partial charge in [-0.2, -0.15) is 0 Å². The monoisotopic (exact) mass is 322 g/mol. The molecule has 2 rings (SSSR count). The van der Waals surface area contributed by atoms with Crippen LogP contribution < -0.4 is 5.32 Å². The summed E-state index contributed by atoms with van der Waals surface area (Å²) in [6.45, 7) is 0.455. The fourth-order valence-corrected chi connectivity index (χ4v) is 2.48. The number of nitrogens with one attached hydrogen (secondary N) is 1. The highest BCUT2D eigenvalue weighted by molar-refractivity contribution is 6.36. The SMILES string of the molecule is CN(C)C(=O)c1ccccc1NCc1c(Cl)cccc1Cl. The van der Waals surface area contributed by atoms with E-state index in [-0.39, 0.29) is 5.91 Å². The molecule has 2 aromatic rings. The Labute approximate surface area is 134 Å². The van der Waals surface area contributed by atoms with Crippen molar-refractivity contribution in [2.75, 3.05) is 19.4 Å². The Hall–Kier alpha value is -1.71. The van der Waals surface area contributed by atoms with Crippen molar-refractivity contribution in [2.45, 2.75) is 6.54 Å². The second kappa shape index (κ2) is 6.83. The van der Waals surface area contributed by atoms with Crippen LogP contribution in [0.25, 0.3) is 0 Å². The average molecular weight is 323 g/mol. The van der Waals surface area contributed by atoms with Gasteiger partial charge in [0.15, 0.2) is 0 Å². The van der Waals surface area contributed by atoms with Gasteiger partial charge < -0.3 is 10.2 Å². The van der Waals surface area contributed by atoms with Crippen molar-refractivity contribution in [3.05, 3.63) is 63.6 Å². The first-order chi connectivity index (χ1) is 10.0. The van der Waals surface area contributed by atoms with Crippen LogP contribution in [0.3, 0.4) is 0 Å². The van der Waals surface area contributed by atoms with Gasteiger partial charge in [0.05, 0.1) is 5.56 Å². The number of halogens is 2. The number of hydrogen-bond donors (Lipinski definition) is 1. The van der Waals surface area contributed by atoms with Gasteiger partial charge in [-0.15, -0.1) is 0 Å². The lowest BCUT2D eigenvalue weighted by molar-refractivity contribution is 0.0828. The van der Waals surface area contributed by atoms with Crippen LogP contribution in [0.5, 0.6) is 0 Å². The summed E-state index contributed by atoms with van der Waals surface area (Å²) in [7, 11) is 3.45. The Bertz CT molecular complexity index is 636. The van der Waals surface area contributed by atoms with Crippen LogP contribution in [0.15, 0.2) is 42.5 Å². The minimum atomic E-state index is -0.0524. The van der Waals surface area contributed by atoms with Gasteiger partial charge in [-0.1, -0.05) is 41.4 Å². The van der Waals surface area contributed by atoms with Crippen LogP contribution in [0.2, 0.25) is 10.0 Å². The van der Waals surface area contributed by atoms with E-state index in [1.54, 1.807) is 43.3 Å². The summed E-state index contributed by atoms with van der Waals surface area (Å²) in [6.07, 6.45) is 0. The van der Waals surface area contributed by atoms with E-state index < -0.39 is 0 Å². The Morgan fingerprint density at radius 3 is 2.29 bits per heavy atom. The van der Waals surface area contributed by atoms with E-state index in [0.29, 0.717) is 22.2 Å². The molecule has 0 atom stereocenters. The number of rotatable bonds is 4. The van der Waals surface area contributed by atoms with Crippen molar-refractivity contribution in [2.24, 2.45) is 0 Å². The molecule has 0 aliphatic carbocycles. The van der Waals surface area contributed by atoms with Crippen molar-refractivity contribution >= 4 is 34.8 Å². The van der Waals surface area contributed by atoms with Crippen molar-refractivity contribution in [3.63, 3.8) is 0 Å². The summed E-state index contributed by atoms with van der Waals surface area (Å²) in [6, 6.07) is 12.8. The third-order valence-corrected chi connectivity index (χ3v) is 3.79. The van der Waals surface area contributed by atoms with Crippen LogP contribution >= 0.6 is 23.2 Å². The molecule has 1 amide bonds. The minimum Gasteiger partial charge on any atom is -0.380 e. The third-order valence-electron chi connectivity index (χ3n) is 3.08. The van der Waals surface area contributed by atoms with Crippen molar-refractivity contribution in [1.29, 1.82) is 0 Å². The predicted octanol–water partition coefficient (Wildman–Crippen LogP) is 4.31. The zero-order valence-corrected chi connectivity index (χ0v) is 13.4. The highest BCUT2D eigenvalue weighted by Gasteiger charge is 2.13. The van der Waals surface area contributed by atoms with E-state index in [4.69, 9.17) is 23.2 Å². The molecule has 0 heterocycles. The van der Waals surface area contributed by atoms with Crippen molar-refractivity contribution in [1.82, 2.24) is 4.90 Å². The highest BCUT2D eigenvalue weighted by Crippen LogP contribution is 2.26. The maximum absolute atomic E-state index is 12.1. The Kier molecular flexibility index (Phi) is 5.10. The van der Waals surface area contributed by atoms with E-state index in [1.165, 1.54) is 0 Å². The first-order valence-electron chi connectivity index (χ1n) is 6.48. The standard InChI is InChI=1S/C16H16Cl2N2O/c1-20(2)16(21)11-6-3-4-9-15(11)19-10-12-13(17)7-5-8-14(12)18/h3-9,19H,10H2,1-2H3. The Morgan fingerprint density at radius 1 is 1.05 bits per heavy atom. The van der Waals surface area contributed by atoms with Crippen LogP contribution in [0.4, 0.5) is 5.69 Å². The van der Waals surface area contributed by atoms with Crippen molar-refractivity contribution < 1.29 is 4.79 Å². The van der Waals surface area contributed by atoms with E-state index >= 15 is 0 Å². The van der Waals surface area contributed by atoms with Gasteiger partial charge in [0.1, 0.15) is 0 Å². The van der Waals surface area contributed by atoms with E-state index in [9.17, 15) is 4.79 Å². The summed E-state index contributed by atoms with van der Waals surface area (Å²) >= 11 is 12.3.